The van der Waals surface area contributed by atoms with Crippen LogP contribution in [0.3, 0.4) is 0 Å². The molecule has 0 aromatic carbocycles. The van der Waals surface area contributed by atoms with Crippen molar-refractivity contribution < 1.29 is 9.63 Å². The van der Waals surface area contributed by atoms with Crippen LogP contribution in [0.2, 0.25) is 0 Å². The van der Waals surface area contributed by atoms with Crippen molar-refractivity contribution in [3.05, 3.63) is 35.8 Å². The molecule has 1 aliphatic heterocycles. The molecule has 0 bridgehead atoms. The molecule has 2 aromatic rings. The van der Waals surface area contributed by atoms with Gasteiger partial charge in [-0.05, 0) is 30.6 Å². The summed E-state index contributed by atoms with van der Waals surface area (Å²) >= 11 is 1.66. The van der Waals surface area contributed by atoms with Crippen LogP contribution in [0.5, 0.6) is 0 Å². The van der Waals surface area contributed by atoms with Crippen molar-refractivity contribution in [2.75, 3.05) is 56.5 Å². The van der Waals surface area contributed by atoms with Crippen LogP contribution in [0, 0.1) is 0 Å². The molecule has 0 saturated carbocycles. The van der Waals surface area contributed by atoms with Gasteiger partial charge in [0.25, 0.3) is 0 Å². The number of thiophene rings is 1. The van der Waals surface area contributed by atoms with E-state index in [0.717, 1.165) is 28.9 Å². The molecule has 1 fully saturated rings. The fourth-order valence-corrected chi connectivity index (χ4v) is 4.69. The number of piperazine rings is 1. The zero-order valence-corrected chi connectivity index (χ0v) is 21.5. The third-order valence-corrected chi connectivity index (χ3v) is 6.71. The molecule has 35 heavy (non-hydrogen) atoms. The lowest BCUT2D eigenvalue weighted by Gasteiger charge is -2.35. The van der Waals surface area contributed by atoms with Crippen LogP contribution in [0.1, 0.15) is 38.0 Å². The van der Waals surface area contributed by atoms with Crippen LogP contribution in [-0.2, 0) is 16.1 Å². The van der Waals surface area contributed by atoms with Gasteiger partial charge in [0, 0.05) is 37.5 Å². The molecule has 1 aliphatic rings. The van der Waals surface area contributed by atoms with Gasteiger partial charge in [-0.15, -0.1) is 17.9 Å². The van der Waals surface area contributed by atoms with E-state index < -0.39 is 0 Å². The quantitative estimate of drug-likeness (QED) is 0.191. The van der Waals surface area contributed by atoms with Gasteiger partial charge in [-0.25, -0.2) is 4.98 Å². The summed E-state index contributed by atoms with van der Waals surface area (Å²) in [7, 11) is 0. The number of hydrogen-bond donors (Lipinski definition) is 1. The van der Waals surface area contributed by atoms with Gasteiger partial charge in [0.05, 0.1) is 25.1 Å². The van der Waals surface area contributed by atoms with Gasteiger partial charge < -0.3 is 15.5 Å². The average molecular weight is 501 g/mol. The van der Waals surface area contributed by atoms with Crippen LogP contribution >= 0.6 is 11.3 Å². The fraction of sp³-hybridized carbons (Fsp3) is 0.542. The molecule has 2 aromatic heterocycles. The van der Waals surface area contributed by atoms with Crippen LogP contribution in [0.15, 0.2) is 41.2 Å². The minimum Gasteiger partial charge on any atom is -0.368 e. The fourth-order valence-electron chi connectivity index (χ4n) is 3.72. The Morgan fingerprint density at radius 1 is 1.29 bits per heavy atom. The summed E-state index contributed by atoms with van der Waals surface area (Å²) < 4.78 is 0. The number of hydrogen-bond acceptors (Lipinski definition) is 9. The predicted octanol–water partition coefficient (Wildman–Crippen LogP) is 4.02. The number of hydroxylamine groups is 1. The second kappa shape index (κ2) is 13.7. The smallest absolute Gasteiger partial charge is 0.223 e. The van der Waals surface area contributed by atoms with Gasteiger partial charge in [0.2, 0.25) is 11.9 Å². The summed E-state index contributed by atoms with van der Waals surface area (Å²) in [5, 5.41) is 10.5. The lowest BCUT2D eigenvalue weighted by molar-refractivity contribution is -0.160. The number of allylic oxidation sites excluding steroid dienone is 1. The van der Waals surface area contributed by atoms with Gasteiger partial charge in [0.1, 0.15) is 10.6 Å². The first-order valence-electron chi connectivity index (χ1n) is 12.2. The van der Waals surface area contributed by atoms with Crippen molar-refractivity contribution in [2.45, 2.75) is 39.5 Å². The average Bonchev–Trinajstić information content (AvgIpc) is 3.29. The zero-order chi connectivity index (χ0) is 25.0. The van der Waals surface area contributed by atoms with E-state index in [1.165, 1.54) is 10.0 Å². The molecule has 0 unspecified atom stereocenters. The van der Waals surface area contributed by atoms with E-state index in [1.54, 1.807) is 17.4 Å². The Morgan fingerprint density at radius 3 is 2.80 bits per heavy atom. The van der Waals surface area contributed by atoms with Crippen LogP contribution in [-0.4, -0.2) is 71.8 Å². The number of rotatable bonds is 13. The summed E-state index contributed by atoms with van der Waals surface area (Å²) in [6.07, 6.45) is 8.64. The van der Waals surface area contributed by atoms with Gasteiger partial charge >= 0.3 is 0 Å². The van der Waals surface area contributed by atoms with Crippen molar-refractivity contribution in [2.24, 2.45) is 10.3 Å². The number of amides is 1. The minimum atomic E-state index is 0.134. The van der Waals surface area contributed by atoms with Crippen LogP contribution in [0.25, 0.3) is 10.2 Å². The maximum Gasteiger partial charge on any atom is 0.223 e. The van der Waals surface area contributed by atoms with E-state index in [0.29, 0.717) is 64.7 Å². The molecule has 0 atom stereocenters. The Bertz CT molecular complexity index is 1030. The van der Waals surface area contributed by atoms with Crippen molar-refractivity contribution in [3.63, 3.8) is 0 Å². The van der Waals surface area contributed by atoms with E-state index >= 15 is 0 Å². The summed E-state index contributed by atoms with van der Waals surface area (Å²) in [5.74, 6) is 1.29. The number of nitrogens with zero attached hydrogens (tertiary/aromatic N) is 7. The first kappa shape index (κ1) is 26.6. The van der Waals surface area contributed by atoms with Crippen molar-refractivity contribution >= 4 is 39.2 Å². The lowest BCUT2D eigenvalue weighted by atomic mass is 10.2. The summed E-state index contributed by atoms with van der Waals surface area (Å²) in [6.45, 7) is 11.9. The maximum absolute atomic E-state index is 12.7. The molecule has 0 radical (unpaired) electrons. The van der Waals surface area contributed by atoms with E-state index in [2.05, 4.69) is 51.7 Å². The molecule has 3 heterocycles. The number of carbonyl (C=O) groups excluding carboxylic acids is 1. The number of fused-ring (bicyclic) bond motifs is 1. The first-order valence-corrected chi connectivity index (χ1v) is 13.0. The van der Waals surface area contributed by atoms with Gasteiger partial charge in [-0.2, -0.15) is 15.3 Å². The van der Waals surface area contributed by atoms with Gasteiger partial charge in [-0.1, -0.05) is 32.1 Å². The second-order valence-electron chi connectivity index (χ2n) is 8.11. The highest BCUT2D eigenvalue weighted by Crippen LogP contribution is 2.32. The molecule has 1 saturated heterocycles. The van der Waals surface area contributed by atoms with E-state index in [-0.39, 0.29) is 5.91 Å². The molecule has 0 spiro atoms. The summed E-state index contributed by atoms with van der Waals surface area (Å²) in [6, 6.07) is 2.16. The van der Waals surface area contributed by atoms with E-state index in [4.69, 9.17) is 10.6 Å². The van der Waals surface area contributed by atoms with E-state index in [1.807, 2.05) is 17.1 Å². The van der Waals surface area contributed by atoms with Gasteiger partial charge in [-0.3, -0.25) is 9.63 Å². The highest BCUT2D eigenvalue weighted by Gasteiger charge is 2.24. The van der Waals surface area contributed by atoms with Crippen molar-refractivity contribution in [3.8, 4) is 0 Å². The largest absolute Gasteiger partial charge is 0.368 e. The van der Waals surface area contributed by atoms with Crippen LogP contribution < -0.4 is 10.6 Å². The highest BCUT2D eigenvalue weighted by atomic mass is 32.1. The summed E-state index contributed by atoms with van der Waals surface area (Å²) in [5.41, 5.74) is 5.97. The number of aryl methyl sites for hydroxylation is 1. The molecule has 3 rings (SSSR count). The minimum absolute atomic E-state index is 0.134. The number of anilines is 2. The SMILES string of the molecule is C=CCN=NN(C/C=C\CC)OCCCC(=O)N1CCN(c2nc(N)nc3sc(CC)cc23)CC1. The monoisotopic (exact) mass is 500 g/mol. The highest BCUT2D eigenvalue weighted by molar-refractivity contribution is 7.18. The molecule has 1 amide bonds. The molecule has 10 nitrogen and oxygen atoms in total. The third-order valence-electron chi connectivity index (χ3n) is 5.53. The second-order valence-corrected chi connectivity index (χ2v) is 9.23. The number of nitrogen functional groups attached to an aromatic ring is 1. The van der Waals surface area contributed by atoms with Crippen molar-refractivity contribution in [1.29, 1.82) is 0 Å². The Labute approximate surface area is 211 Å². The Hall–Kier alpha value is -3.05. The Morgan fingerprint density at radius 2 is 2.09 bits per heavy atom. The molecular formula is C24H36N8O2S. The third kappa shape index (κ3) is 7.72. The number of aromatic nitrogens is 2. The van der Waals surface area contributed by atoms with E-state index in [9.17, 15) is 4.79 Å². The normalized spacial score (nSPS) is 14.5. The molecule has 190 valence electrons. The Kier molecular flexibility index (Phi) is 10.4. The summed E-state index contributed by atoms with van der Waals surface area (Å²) in [4.78, 5) is 33.7. The van der Waals surface area contributed by atoms with Crippen molar-refractivity contribution in [1.82, 2.24) is 20.0 Å². The Balaban J connectivity index is 1.46. The van der Waals surface area contributed by atoms with Gasteiger partial charge in [0.15, 0.2) is 0 Å². The lowest BCUT2D eigenvalue weighted by Crippen LogP contribution is -2.49. The molecule has 2 N–H and O–H groups in total. The first-order chi connectivity index (χ1) is 17.0. The van der Waals surface area contributed by atoms with Crippen LogP contribution in [0.4, 0.5) is 11.8 Å². The topological polar surface area (TPSA) is 113 Å². The standard InChI is InChI=1S/C24H36N8O2S/c1-4-7-8-12-32(29-26-11-5-2)34-17-9-10-21(33)30-13-15-31(16-14-30)22-20-18-19(6-3)35-23(20)28-24(25)27-22/h5,7-8,18H,2,4,6,9-17H2,1,3H3,(H2,25,27,28)/b8-7-,29-26?. The molecule has 11 heteroatoms. The maximum atomic E-state index is 12.7. The number of nitrogens with two attached hydrogens (primary N) is 1. The predicted molar refractivity (Wildman–Crippen MR) is 141 cm³/mol. The molecular weight excluding hydrogens is 464 g/mol. The number of carbonyl (C=O) groups is 1. The molecule has 0 aliphatic carbocycles. The zero-order valence-electron chi connectivity index (χ0n) is 20.7.